The molecule has 7 atom stereocenters. The van der Waals surface area contributed by atoms with Gasteiger partial charge in [0.05, 0.1) is 5.71 Å². The van der Waals surface area contributed by atoms with E-state index >= 15 is 0 Å². The van der Waals surface area contributed by atoms with Gasteiger partial charge in [-0.05, 0) is 106 Å². The fraction of sp³-hybridized carbons (Fsp3) is 0.923. The SMILES string of the molecule is CC[C@@H]1/C(=N/OC2CCNCC2)CC[C@@]2(C)C1CC[C@@H]1[C@@H]2CC[C@]2(C)C(=O)CC[C@@H]12. The van der Waals surface area contributed by atoms with Crippen LogP contribution in [0.15, 0.2) is 5.16 Å². The van der Waals surface area contributed by atoms with Crippen LogP contribution in [-0.2, 0) is 9.63 Å². The van der Waals surface area contributed by atoms with Crippen LogP contribution in [0.25, 0.3) is 0 Å². The Morgan fingerprint density at radius 1 is 0.967 bits per heavy atom. The Morgan fingerprint density at radius 3 is 2.53 bits per heavy atom. The van der Waals surface area contributed by atoms with Gasteiger partial charge in [0.15, 0.2) is 0 Å². The van der Waals surface area contributed by atoms with Crippen molar-refractivity contribution in [2.45, 2.75) is 97.5 Å². The molecule has 4 aliphatic carbocycles. The zero-order valence-electron chi connectivity index (χ0n) is 19.4. The van der Waals surface area contributed by atoms with Crippen LogP contribution in [0.5, 0.6) is 0 Å². The lowest BCUT2D eigenvalue weighted by atomic mass is 9.43. The Kier molecular flexibility index (Phi) is 5.52. The Balaban J connectivity index is 1.34. The monoisotopic (exact) mass is 414 g/mol. The number of oxime groups is 1. The lowest BCUT2D eigenvalue weighted by Crippen LogP contribution is -2.56. The molecule has 5 aliphatic rings. The number of rotatable bonds is 3. The molecular formula is C26H42N2O2. The molecule has 0 radical (unpaired) electrons. The Hall–Kier alpha value is -0.900. The molecule has 4 nitrogen and oxygen atoms in total. The molecule has 0 bridgehead atoms. The van der Waals surface area contributed by atoms with Crippen LogP contribution in [-0.4, -0.2) is 30.7 Å². The standard InChI is InChI=1S/C26H42N2O2/c1-4-18-20-6-5-19-21-7-8-24(29)26(21,3)13-9-22(19)25(20,2)14-10-23(18)28-30-17-11-15-27-16-12-17/h17-22,27H,4-16H2,1-3H3/b28-23+/t18-,19-,20?,21-,22-,25-,26-/m0/s1. The second-order valence-electron chi connectivity index (χ2n) is 11.6. The van der Waals surface area contributed by atoms with Crippen LogP contribution in [0.4, 0.5) is 0 Å². The van der Waals surface area contributed by atoms with Gasteiger partial charge in [-0.1, -0.05) is 25.9 Å². The number of piperidine rings is 1. The van der Waals surface area contributed by atoms with Gasteiger partial charge in [-0.3, -0.25) is 4.79 Å². The van der Waals surface area contributed by atoms with E-state index in [4.69, 9.17) is 9.99 Å². The van der Waals surface area contributed by atoms with Gasteiger partial charge in [-0.2, -0.15) is 0 Å². The van der Waals surface area contributed by atoms with E-state index in [-0.39, 0.29) is 5.41 Å². The van der Waals surface area contributed by atoms with E-state index in [0.29, 0.717) is 29.1 Å². The summed E-state index contributed by atoms with van der Waals surface area (Å²) < 4.78 is 0. The number of ketones is 1. The first-order valence-corrected chi connectivity index (χ1v) is 12.9. The van der Waals surface area contributed by atoms with Gasteiger partial charge in [0.25, 0.3) is 0 Å². The first-order chi connectivity index (χ1) is 14.5. The van der Waals surface area contributed by atoms with E-state index in [2.05, 4.69) is 26.1 Å². The molecule has 5 fully saturated rings. The number of hydrogen-bond acceptors (Lipinski definition) is 4. The van der Waals surface area contributed by atoms with Crippen molar-refractivity contribution in [1.82, 2.24) is 5.32 Å². The Morgan fingerprint density at radius 2 is 1.77 bits per heavy atom. The van der Waals surface area contributed by atoms with Crippen LogP contribution in [0.1, 0.15) is 91.4 Å². The molecule has 1 heterocycles. The van der Waals surface area contributed by atoms with Crippen LogP contribution >= 0.6 is 0 Å². The number of fused-ring (bicyclic) bond motifs is 5. The maximum absolute atomic E-state index is 12.7. The predicted octanol–water partition coefficient (Wildman–Crippen LogP) is 5.36. The van der Waals surface area contributed by atoms with E-state index in [1.807, 2.05) is 0 Å². The number of nitrogens with one attached hydrogen (secondary N) is 1. The molecule has 0 aromatic carbocycles. The molecule has 1 N–H and O–H groups in total. The van der Waals surface area contributed by atoms with Gasteiger partial charge in [0, 0.05) is 17.8 Å². The van der Waals surface area contributed by atoms with E-state index < -0.39 is 0 Å². The van der Waals surface area contributed by atoms with Crippen molar-refractivity contribution in [3.8, 4) is 0 Å². The first-order valence-electron chi connectivity index (χ1n) is 12.9. The van der Waals surface area contributed by atoms with Gasteiger partial charge in [-0.15, -0.1) is 0 Å². The van der Waals surface area contributed by atoms with Gasteiger partial charge in [-0.25, -0.2) is 0 Å². The second kappa shape index (κ2) is 7.90. The third kappa shape index (κ3) is 3.19. The predicted molar refractivity (Wildman–Crippen MR) is 120 cm³/mol. The molecule has 0 aromatic heterocycles. The third-order valence-electron chi connectivity index (χ3n) is 10.5. The minimum Gasteiger partial charge on any atom is -0.392 e. The summed E-state index contributed by atoms with van der Waals surface area (Å²) in [5.74, 6) is 4.14. The molecule has 1 aliphatic heterocycles. The van der Waals surface area contributed by atoms with Crippen molar-refractivity contribution in [2.75, 3.05) is 13.1 Å². The van der Waals surface area contributed by atoms with Crippen LogP contribution in [0.2, 0.25) is 0 Å². The highest BCUT2D eigenvalue weighted by atomic mass is 16.6. The van der Waals surface area contributed by atoms with Crippen LogP contribution in [0, 0.1) is 40.4 Å². The summed E-state index contributed by atoms with van der Waals surface area (Å²) in [6.45, 7) is 9.38. The molecule has 4 heteroatoms. The molecule has 4 saturated carbocycles. The van der Waals surface area contributed by atoms with Crippen molar-refractivity contribution in [2.24, 2.45) is 45.6 Å². The topological polar surface area (TPSA) is 50.7 Å². The summed E-state index contributed by atoms with van der Waals surface area (Å²) in [5, 5.41) is 8.22. The summed E-state index contributed by atoms with van der Waals surface area (Å²) in [4.78, 5) is 18.7. The lowest BCUT2D eigenvalue weighted by Gasteiger charge is -2.61. The number of carbonyl (C=O) groups is 1. The molecule has 5 rings (SSSR count). The minimum atomic E-state index is -0.00149. The van der Waals surface area contributed by atoms with Crippen molar-refractivity contribution < 1.29 is 9.63 Å². The summed E-state index contributed by atoms with van der Waals surface area (Å²) in [6.07, 6.45) is 13.1. The third-order valence-corrected chi connectivity index (χ3v) is 10.5. The quantitative estimate of drug-likeness (QED) is 0.633. The maximum atomic E-state index is 12.7. The van der Waals surface area contributed by atoms with Crippen molar-refractivity contribution in [3.63, 3.8) is 0 Å². The van der Waals surface area contributed by atoms with Crippen LogP contribution < -0.4 is 5.32 Å². The number of Topliss-reactive ketones (excluding diaryl/α,β-unsaturated/α-hetero) is 1. The normalized spacial score (nSPS) is 48.2. The average molecular weight is 415 g/mol. The summed E-state index contributed by atoms with van der Waals surface area (Å²) >= 11 is 0. The number of carbonyl (C=O) groups excluding carboxylic acids is 1. The van der Waals surface area contributed by atoms with E-state index in [1.54, 1.807) is 0 Å². The van der Waals surface area contributed by atoms with Gasteiger partial charge in [0.2, 0.25) is 0 Å². The zero-order chi connectivity index (χ0) is 20.9. The van der Waals surface area contributed by atoms with Gasteiger partial charge >= 0.3 is 0 Å². The van der Waals surface area contributed by atoms with Crippen molar-refractivity contribution in [1.29, 1.82) is 0 Å². The van der Waals surface area contributed by atoms with E-state index in [9.17, 15) is 4.79 Å². The highest BCUT2D eigenvalue weighted by Gasteiger charge is 2.61. The molecule has 0 aromatic rings. The number of hydrogen-bond donors (Lipinski definition) is 1. The minimum absolute atomic E-state index is 0.00149. The van der Waals surface area contributed by atoms with Gasteiger partial charge in [0.1, 0.15) is 11.9 Å². The maximum Gasteiger partial charge on any atom is 0.139 e. The molecule has 1 unspecified atom stereocenters. The van der Waals surface area contributed by atoms with E-state index in [0.717, 1.165) is 69.4 Å². The highest BCUT2D eigenvalue weighted by molar-refractivity contribution is 5.88. The largest absolute Gasteiger partial charge is 0.392 e. The van der Waals surface area contributed by atoms with Crippen molar-refractivity contribution in [3.05, 3.63) is 0 Å². The zero-order valence-corrected chi connectivity index (χ0v) is 19.4. The lowest BCUT2D eigenvalue weighted by molar-refractivity contribution is -0.138. The van der Waals surface area contributed by atoms with Crippen molar-refractivity contribution >= 4 is 11.5 Å². The molecule has 30 heavy (non-hydrogen) atoms. The summed E-state index contributed by atoms with van der Waals surface area (Å²) in [5.41, 5.74) is 1.77. The molecular weight excluding hydrogens is 372 g/mol. The smallest absolute Gasteiger partial charge is 0.139 e. The van der Waals surface area contributed by atoms with Gasteiger partial charge < -0.3 is 10.2 Å². The second-order valence-corrected chi connectivity index (χ2v) is 11.6. The van der Waals surface area contributed by atoms with Crippen LogP contribution in [0.3, 0.4) is 0 Å². The summed E-state index contributed by atoms with van der Waals surface area (Å²) in [6, 6.07) is 0. The van der Waals surface area contributed by atoms with E-state index in [1.165, 1.54) is 37.8 Å². The fourth-order valence-corrected chi connectivity index (χ4v) is 8.78. The average Bonchev–Trinajstić information content (AvgIpc) is 3.07. The Bertz CT molecular complexity index is 699. The highest BCUT2D eigenvalue weighted by Crippen LogP contribution is 2.66. The Labute approximate surface area is 183 Å². The number of nitrogens with zero attached hydrogens (tertiary/aromatic N) is 1. The summed E-state index contributed by atoms with van der Waals surface area (Å²) in [7, 11) is 0. The molecule has 168 valence electrons. The fourth-order valence-electron chi connectivity index (χ4n) is 8.78. The molecule has 0 amide bonds. The molecule has 0 spiro atoms. The first kappa shape index (κ1) is 21.0. The molecule has 1 saturated heterocycles.